The van der Waals surface area contributed by atoms with E-state index in [9.17, 15) is 4.79 Å². The van der Waals surface area contributed by atoms with Gasteiger partial charge in [0.2, 0.25) is 0 Å². The molecule has 5 heteroatoms. The van der Waals surface area contributed by atoms with E-state index in [0.29, 0.717) is 5.69 Å². The fraction of sp³-hybridized carbons (Fsp3) is 0.500. The van der Waals surface area contributed by atoms with Crippen molar-refractivity contribution < 1.29 is 4.79 Å². The van der Waals surface area contributed by atoms with Crippen LogP contribution in [-0.2, 0) is 0 Å². The van der Waals surface area contributed by atoms with Crippen LogP contribution in [0.5, 0.6) is 0 Å². The number of fused-ring (bicyclic) bond motifs is 1. The van der Waals surface area contributed by atoms with Gasteiger partial charge in [0.05, 0.1) is 0 Å². The maximum Gasteiger partial charge on any atom is 0.196 e. The molecule has 0 bridgehead atoms. The number of aromatic nitrogens is 2. The third-order valence-electron chi connectivity index (χ3n) is 3.48. The zero-order valence-electron chi connectivity index (χ0n) is 10.6. The Morgan fingerprint density at radius 2 is 2.29 bits per heavy atom. The van der Waals surface area contributed by atoms with Crippen LogP contribution in [-0.4, -0.2) is 28.3 Å². The maximum absolute atomic E-state index is 11.2. The molecular weight excluding hydrogens is 234 g/mol. The smallest absolute Gasteiger partial charge is 0.196 e. The summed E-state index contributed by atoms with van der Waals surface area (Å²) in [5, 5.41) is 1.93. The fourth-order valence-corrected chi connectivity index (χ4v) is 2.39. The molecule has 2 rings (SSSR count). The molecule has 0 atom stereocenters. The maximum atomic E-state index is 11.2. The molecule has 17 heavy (non-hydrogen) atoms. The molecule has 0 radical (unpaired) electrons. The second-order valence-corrected chi connectivity index (χ2v) is 5.59. The minimum Gasteiger partial charge on any atom is -0.353 e. The Hall–Kier alpha value is -1.36. The van der Waals surface area contributed by atoms with E-state index in [4.69, 9.17) is 0 Å². The van der Waals surface area contributed by atoms with E-state index < -0.39 is 0 Å². The van der Waals surface area contributed by atoms with Gasteiger partial charge in [-0.15, -0.1) is 11.3 Å². The summed E-state index contributed by atoms with van der Waals surface area (Å²) in [6, 6.07) is 0. The number of nitrogens with zero attached hydrogens (tertiary/aromatic N) is 3. The molecule has 2 aromatic heterocycles. The Bertz CT molecular complexity index is 541. The van der Waals surface area contributed by atoms with Crippen molar-refractivity contribution in [1.29, 1.82) is 0 Å². The van der Waals surface area contributed by atoms with Crippen LogP contribution < -0.4 is 4.90 Å². The Balaban J connectivity index is 2.54. The summed E-state index contributed by atoms with van der Waals surface area (Å²) < 4.78 is 1.84. The van der Waals surface area contributed by atoms with E-state index in [0.717, 1.165) is 23.5 Å². The van der Waals surface area contributed by atoms with E-state index in [1.54, 1.807) is 0 Å². The van der Waals surface area contributed by atoms with Crippen LogP contribution >= 0.6 is 11.3 Å². The lowest BCUT2D eigenvalue weighted by Gasteiger charge is -2.35. The summed E-state index contributed by atoms with van der Waals surface area (Å²) in [5.74, 6) is 0.763. The fourth-order valence-electron chi connectivity index (χ4n) is 1.67. The van der Waals surface area contributed by atoms with Gasteiger partial charge in [-0.2, -0.15) is 0 Å². The van der Waals surface area contributed by atoms with Crippen LogP contribution in [0.15, 0.2) is 11.6 Å². The van der Waals surface area contributed by atoms with Crippen molar-refractivity contribution >= 4 is 28.4 Å². The SMILES string of the molecule is CCC(C)(C)N(C)c1nc2sccn2c1C=O. The molecule has 0 saturated heterocycles. The van der Waals surface area contributed by atoms with Gasteiger partial charge < -0.3 is 4.90 Å². The number of anilines is 1. The van der Waals surface area contributed by atoms with Crippen LogP contribution in [0, 0.1) is 0 Å². The van der Waals surface area contributed by atoms with Gasteiger partial charge in [-0.1, -0.05) is 6.92 Å². The Morgan fingerprint density at radius 1 is 1.59 bits per heavy atom. The van der Waals surface area contributed by atoms with Crippen LogP contribution in [0.2, 0.25) is 0 Å². The van der Waals surface area contributed by atoms with Gasteiger partial charge >= 0.3 is 0 Å². The van der Waals surface area contributed by atoms with E-state index in [1.807, 2.05) is 23.0 Å². The monoisotopic (exact) mass is 251 g/mol. The third-order valence-corrected chi connectivity index (χ3v) is 4.24. The van der Waals surface area contributed by atoms with Crippen molar-refractivity contribution in [3.63, 3.8) is 0 Å². The topological polar surface area (TPSA) is 37.6 Å². The molecule has 0 N–H and O–H groups in total. The van der Waals surface area contributed by atoms with Gasteiger partial charge in [-0.25, -0.2) is 4.98 Å². The summed E-state index contributed by atoms with van der Waals surface area (Å²) in [6.45, 7) is 6.43. The molecule has 4 nitrogen and oxygen atoms in total. The molecule has 2 heterocycles. The summed E-state index contributed by atoms with van der Waals surface area (Å²) >= 11 is 1.54. The van der Waals surface area contributed by atoms with Gasteiger partial charge in [-0.3, -0.25) is 9.20 Å². The Kier molecular flexibility index (Phi) is 2.95. The quantitative estimate of drug-likeness (QED) is 0.784. The highest BCUT2D eigenvalue weighted by atomic mass is 32.1. The van der Waals surface area contributed by atoms with Crippen LogP contribution in [0.3, 0.4) is 0 Å². The van der Waals surface area contributed by atoms with Crippen LogP contribution in [0.25, 0.3) is 4.96 Å². The minimum atomic E-state index is -0.0121. The third kappa shape index (κ3) is 1.84. The van der Waals surface area contributed by atoms with Crippen LogP contribution in [0.1, 0.15) is 37.7 Å². The first-order chi connectivity index (χ1) is 8.01. The summed E-state index contributed by atoms with van der Waals surface area (Å²) in [7, 11) is 1.99. The number of imidazole rings is 1. The average molecular weight is 251 g/mol. The summed E-state index contributed by atoms with van der Waals surface area (Å²) in [6.07, 6.45) is 3.75. The van der Waals surface area contributed by atoms with Gasteiger partial charge in [0.25, 0.3) is 0 Å². The van der Waals surface area contributed by atoms with Gasteiger partial charge in [-0.05, 0) is 20.3 Å². The van der Waals surface area contributed by atoms with Crippen molar-refractivity contribution in [3.8, 4) is 0 Å². The zero-order chi connectivity index (χ0) is 12.6. The number of carbonyl (C=O) groups excluding carboxylic acids is 1. The number of carbonyl (C=O) groups is 1. The predicted molar refractivity (Wildman–Crippen MR) is 71.2 cm³/mol. The summed E-state index contributed by atoms with van der Waals surface area (Å²) in [5.41, 5.74) is 0.618. The molecular formula is C12H17N3OS. The number of aldehydes is 1. The number of thiazole rings is 1. The molecule has 0 aliphatic heterocycles. The lowest BCUT2D eigenvalue weighted by atomic mass is 10.00. The molecule has 92 valence electrons. The van der Waals surface area contributed by atoms with Crippen molar-refractivity contribution in [2.24, 2.45) is 0 Å². The minimum absolute atomic E-state index is 0.0121. The largest absolute Gasteiger partial charge is 0.353 e. The predicted octanol–water partition coefficient (Wildman–Crippen LogP) is 2.83. The number of rotatable bonds is 4. The number of hydrogen-bond donors (Lipinski definition) is 0. The van der Waals surface area contributed by atoms with E-state index in [-0.39, 0.29) is 5.54 Å². The standard InChI is InChI=1S/C12H17N3OS/c1-5-12(2,3)14(4)10-9(8-16)15-6-7-17-11(15)13-10/h6-8H,5H2,1-4H3. The van der Waals surface area contributed by atoms with Gasteiger partial charge in [0.1, 0.15) is 5.69 Å². The molecule has 0 unspecified atom stereocenters. The van der Waals surface area contributed by atoms with Crippen LogP contribution in [0.4, 0.5) is 5.82 Å². The molecule has 0 fully saturated rings. The van der Waals surface area contributed by atoms with E-state index >= 15 is 0 Å². The molecule has 0 spiro atoms. The highest BCUT2D eigenvalue weighted by molar-refractivity contribution is 7.15. The summed E-state index contributed by atoms with van der Waals surface area (Å²) in [4.78, 5) is 18.7. The van der Waals surface area contributed by atoms with Gasteiger partial charge in [0.15, 0.2) is 17.1 Å². The molecule has 0 saturated carbocycles. The normalized spacial score (nSPS) is 12.0. The average Bonchev–Trinajstić information content (AvgIpc) is 2.87. The molecule has 0 aliphatic rings. The second kappa shape index (κ2) is 4.14. The first-order valence-electron chi connectivity index (χ1n) is 5.66. The van der Waals surface area contributed by atoms with E-state index in [1.165, 1.54) is 11.3 Å². The van der Waals surface area contributed by atoms with Crippen molar-refractivity contribution in [1.82, 2.24) is 9.38 Å². The molecule has 0 aromatic carbocycles. The first kappa shape index (κ1) is 12.1. The highest BCUT2D eigenvalue weighted by Crippen LogP contribution is 2.28. The van der Waals surface area contributed by atoms with Crippen molar-refractivity contribution in [2.75, 3.05) is 11.9 Å². The second-order valence-electron chi connectivity index (χ2n) is 4.72. The highest BCUT2D eigenvalue weighted by Gasteiger charge is 2.26. The molecule has 0 aliphatic carbocycles. The van der Waals surface area contributed by atoms with Crippen molar-refractivity contribution in [2.45, 2.75) is 32.7 Å². The zero-order valence-corrected chi connectivity index (χ0v) is 11.4. The van der Waals surface area contributed by atoms with Gasteiger partial charge in [0, 0.05) is 24.2 Å². The molecule has 0 amide bonds. The Labute approximate surface area is 105 Å². The Morgan fingerprint density at radius 3 is 2.88 bits per heavy atom. The first-order valence-corrected chi connectivity index (χ1v) is 6.53. The van der Waals surface area contributed by atoms with Crippen molar-refractivity contribution in [3.05, 3.63) is 17.3 Å². The van der Waals surface area contributed by atoms with E-state index in [2.05, 4.69) is 30.7 Å². The lowest BCUT2D eigenvalue weighted by molar-refractivity contribution is 0.111. The number of hydrogen-bond acceptors (Lipinski definition) is 4. The lowest BCUT2D eigenvalue weighted by Crippen LogP contribution is -2.41. The molecule has 2 aromatic rings.